The van der Waals surface area contributed by atoms with E-state index in [4.69, 9.17) is 22.4 Å². The zero-order valence-electron chi connectivity index (χ0n) is 10.6. The van der Waals surface area contributed by atoms with Crippen molar-refractivity contribution >= 4 is 22.7 Å². The molecule has 2 aromatic heterocycles. The van der Waals surface area contributed by atoms with Crippen LogP contribution in [-0.4, -0.2) is 9.97 Å². The van der Waals surface area contributed by atoms with E-state index < -0.39 is 0 Å². The lowest BCUT2D eigenvalue weighted by molar-refractivity contribution is 0.518. The fourth-order valence-electron chi connectivity index (χ4n) is 2.04. The summed E-state index contributed by atoms with van der Waals surface area (Å²) in [6, 6.07) is 11.0. The van der Waals surface area contributed by atoms with E-state index in [1.165, 1.54) is 0 Å². The van der Waals surface area contributed by atoms with E-state index in [1.807, 2.05) is 24.3 Å². The van der Waals surface area contributed by atoms with Gasteiger partial charge in [-0.3, -0.25) is 4.98 Å². The number of hydrogen-bond donors (Lipinski definition) is 0. The summed E-state index contributed by atoms with van der Waals surface area (Å²) < 4.78 is 5.68. The molecule has 3 rings (SSSR count). The maximum absolute atomic E-state index is 5.93. The van der Waals surface area contributed by atoms with E-state index in [2.05, 4.69) is 15.9 Å². The molecular formula is C16H11ClN2O. The molecule has 0 aliphatic rings. The molecule has 20 heavy (non-hydrogen) atoms. The first-order valence-electron chi connectivity index (χ1n) is 6.18. The summed E-state index contributed by atoms with van der Waals surface area (Å²) >= 11 is 5.93. The van der Waals surface area contributed by atoms with Crippen molar-refractivity contribution in [3.05, 3.63) is 59.2 Å². The molecule has 0 fully saturated rings. The summed E-state index contributed by atoms with van der Waals surface area (Å²) in [5, 5.41) is 0.624. The fourth-order valence-corrected chi connectivity index (χ4v) is 2.20. The van der Waals surface area contributed by atoms with Gasteiger partial charge in [-0.1, -0.05) is 23.6 Å². The van der Waals surface area contributed by atoms with Crippen LogP contribution in [0.4, 0.5) is 0 Å². The molecule has 0 N–H and O–H groups in total. The Morgan fingerprint density at radius 2 is 2.20 bits per heavy atom. The van der Waals surface area contributed by atoms with Crippen LogP contribution in [0.5, 0.6) is 0 Å². The number of fused-ring (bicyclic) bond motifs is 1. The van der Waals surface area contributed by atoms with Crippen LogP contribution in [0.1, 0.15) is 17.5 Å². The van der Waals surface area contributed by atoms with Crippen LogP contribution in [0.2, 0.25) is 5.02 Å². The smallest absolute Gasteiger partial charge is 0.197 e. The van der Waals surface area contributed by atoms with Crippen molar-refractivity contribution in [1.29, 1.82) is 0 Å². The molecule has 0 radical (unpaired) electrons. The average molecular weight is 283 g/mol. The Morgan fingerprint density at radius 3 is 2.95 bits per heavy atom. The molecule has 0 amide bonds. The normalized spacial score (nSPS) is 12.2. The van der Waals surface area contributed by atoms with Crippen molar-refractivity contribution < 1.29 is 4.42 Å². The number of pyridine rings is 1. The molecule has 1 unspecified atom stereocenters. The maximum Gasteiger partial charge on any atom is 0.197 e. The highest BCUT2D eigenvalue weighted by Gasteiger charge is 2.15. The number of terminal acetylenes is 1. The van der Waals surface area contributed by atoms with Crippen molar-refractivity contribution in [2.75, 3.05) is 0 Å². The van der Waals surface area contributed by atoms with Gasteiger partial charge < -0.3 is 4.42 Å². The molecule has 0 aliphatic heterocycles. The average Bonchev–Trinajstić information content (AvgIpc) is 2.87. The molecule has 0 spiro atoms. The Hall–Kier alpha value is -2.31. The lowest BCUT2D eigenvalue weighted by Gasteiger charge is -2.06. The standard InChI is InChI=1S/C16H11ClN2O/c1-2-11(13-5-3-4-8-18-13)9-16-19-14-7-6-12(17)10-15(14)20-16/h1,3-8,10-11H,9H2. The van der Waals surface area contributed by atoms with Gasteiger partial charge in [0.25, 0.3) is 0 Å². The van der Waals surface area contributed by atoms with E-state index in [-0.39, 0.29) is 5.92 Å². The Kier molecular flexibility index (Phi) is 3.41. The number of nitrogens with zero attached hydrogens (tertiary/aromatic N) is 2. The molecule has 0 saturated heterocycles. The minimum atomic E-state index is -0.153. The van der Waals surface area contributed by atoms with Crippen molar-refractivity contribution in [3.63, 3.8) is 0 Å². The lowest BCUT2D eigenvalue weighted by Crippen LogP contribution is -2.02. The molecule has 4 heteroatoms. The quantitative estimate of drug-likeness (QED) is 0.685. The van der Waals surface area contributed by atoms with E-state index in [9.17, 15) is 0 Å². The predicted molar refractivity (Wildman–Crippen MR) is 78.5 cm³/mol. The Bertz CT molecular complexity index is 774. The van der Waals surface area contributed by atoms with Crippen LogP contribution in [0.3, 0.4) is 0 Å². The summed E-state index contributed by atoms with van der Waals surface area (Å²) in [6.07, 6.45) is 7.83. The Morgan fingerprint density at radius 1 is 1.30 bits per heavy atom. The summed E-state index contributed by atoms with van der Waals surface area (Å²) in [7, 11) is 0. The number of oxazole rings is 1. The topological polar surface area (TPSA) is 38.9 Å². The first-order chi connectivity index (χ1) is 9.76. The van der Waals surface area contributed by atoms with Gasteiger partial charge in [-0.05, 0) is 24.3 Å². The van der Waals surface area contributed by atoms with E-state index in [1.54, 1.807) is 18.3 Å². The van der Waals surface area contributed by atoms with Crippen LogP contribution in [0, 0.1) is 12.3 Å². The summed E-state index contributed by atoms with van der Waals surface area (Å²) in [5.74, 6) is 3.17. The molecule has 2 heterocycles. The van der Waals surface area contributed by atoms with Gasteiger partial charge in [0.2, 0.25) is 0 Å². The largest absolute Gasteiger partial charge is 0.441 e. The summed E-state index contributed by atoms with van der Waals surface area (Å²) in [6.45, 7) is 0. The molecule has 1 aromatic carbocycles. The molecule has 1 atom stereocenters. The second-order valence-electron chi connectivity index (χ2n) is 4.40. The van der Waals surface area contributed by atoms with Gasteiger partial charge in [0.05, 0.1) is 11.6 Å². The van der Waals surface area contributed by atoms with Crippen LogP contribution < -0.4 is 0 Å². The number of aromatic nitrogens is 2. The second-order valence-corrected chi connectivity index (χ2v) is 4.83. The highest BCUT2D eigenvalue weighted by molar-refractivity contribution is 6.31. The fraction of sp³-hybridized carbons (Fsp3) is 0.125. The second kappa shape index (κ2) is 5.36. The third-order valence-electron chi connectivity index (χ3n) is 3.02. The van der Waals surface area contributed by atoms with Crippen LogP contribution in [-0.2, 0) is 6.42 Å². The summed E-state index contributed by atoms with van der Waals surface area (Å²) in [4.78, 5) is 8.70. The van der Waals surface area contributed by atoms with Crippen molar-refractivity contribution in [2.24, 2.45) is 0 Å². The molecular weight excluding hydrogens is 272 g/mol. The highest BCUT2D eigenvalue weighted by atomic mass is 35.5. The van der Waals surface area contributed by atoms with Gasteiger partial charge in [-0.15, -0.1) is 6.42 Å². The molecule has 0 bridgehead atoms. The van der Waals surface area contributed by atoms with Crippen molar-refractivity contribution in [1.82, 2.24) is 9.97 Å². The zero-order chi connectivity index (χ0) is 13.9. The van der Waals surface area contributed by atoms with Crippen molar-refractivity contribution in [2.45, 2.75) is 12.3 Å². The monoisotopic (exact) mass is 282 g/mol. The Labute approximate surface area is 121 Å². The zero-order valence-corrected chi connectivity index (χ0v) is 11.3. The maximum atomic E-state index is 5.93. The van der Waals surface area contributed by atoms with Gasteiger partial charge >= 0.3 is 0 Å². The van der Waals surface area contributed by atoms with Crippen LogP contribution in [0.15, 0.2) is 47.0 Å². The third kappa shape index (κ3) is 2.52. The number of rotatable bonds is 3. The first kappa shape index (κ1) is 12.7. The minimum absolute atomic E-state index is 0.153. The number of benzene rings is 1. The first-order valence-corrected chi connectivity index (χ1v) is 6.56. The van der Waals surface area contributed by atoms with Gasteiger partial charge in [-0.2, -0.15) is 0 Å². The van der Waals surface area contributed by atoms with Gasteiger partial charge in [-0.25, -0.2) is 4.98 Å². The van der Waals surface area contributed by atoms with E-state index in [0.717, 1.165) is 11.2 Å². The molecule has 3 aromatic rings. The molecule has 0 aliphatic carbocycles. The lowest BCUT2D eigenvalue weighted by atomic mass is 10.0. The predicted octanol–water partition coefficient (Wildman–Crippen LogP) is 3.84. The third-order valence-corrected chi connectivity index (χ3v) is 3.25. The summed E-state index contributed by atoms with van der Waals surface area (Å²) in [5.41, 5.74) is 2.29. The van der Waals surface area contributed by atoms with Gasteiger partial charge in [0, 0.05) is 23.7 Å². The Balaban J connectivity index is 1.90. The minimum Gasteiger partial charge on any atom is -0.441 e. The molecule has 98 valence electrons. The van der Waals surface area contributed by atoms with E-state index >= 15 is 0 Å². The van der Waals surface area contributed by atoms with Gasteiger partial charge in [0.15, 0.2) is 11.5 Å². The van der Waals surface area contributed by atoms with Crippen LogP contribution in [0.25, 0.3) is 11.1 Å². The van der Waals surface area contributed by atoms with Crippen LogP contribution >= 0.6 is 11.6 Å². The highest BCUT2D eigenvalue weighted by Crippen LogP contribution is 2.23. The van der Waals surface area contributed by atoms with E-state index in [0.29, 0.717) is 22.9 Å². The molecule has 3 nitrogen and oxygen atoms in total. The number of halogens is 1. The van der Waals surface area contributed by atoms with Gasteiger partial charge in [0.1, 0.15) is 5.52 Å². The van der Waals surface area contributed by atoms with Crippen molar-refractivity contribution in [3.8, 4) is 12.3 Å². The SMILES string of the molecule is C#CC(Cc1nc2ccc(Cl)cc2o1)c1ccccn1. The number of hydrogen-bond acceptors (Lipinski definition) is 3. The molecule has 0 saturated carbocycles.